The smallest absolute Gasteiger partial charge is 0.237 e. The first kappa shape index (κ1) is 17.7. The highest BCUT2D eigenvalue weighted by Crippen LogP contribution is 2.35. The lowest BCUT2D eigenvalue weighted by molar-refractivity contribution is -0.138. The Morgan fingerprint density at radius 1 is 1.17 bits per heavy atom. The number of piperidine rings is 1. The molecule has 2 N–H and O–H groups in total. The molecule has 1 atom stereocenters. The van der Waals surface area contributed by atoms with Gasteiger partial charge in [-0.1, -0.05) is 12.8 Å². The normalized spacial score (nSPS) is 28.8. The van der Waals surface area contributed by atoms with Crippen molar-refractivity contribution in [2.24, 2.45) is 0 Å². The number of nitrogens with zero attached hydrogens (tertiary/aromatic N) is 2. The second kappa shape index (κ2) is 7.40. The van der Waals surface area contributed by atoms with E-state index in [1.165, 1.54) is 12.8 Å². The van der Waals surface area contributed by atoms with E-state index in [4.69, 9.17) is 0 Å². The van der Waals surface area contributed by atoms with E-state index in [0.717, 1.165) is 38.6 Å². The van der Waals surface area contributed by atoms with Crippen molar-refractivity contribution in [2.75, 3.05) is 26.7 Å². The lowest BCUT2D eigenvalue weighted by Gasteiger charge is -2.40. The first-order valence-corrected chi connectivity index (χ1v) is 9.47. The number of carbonyl (C=O) groups is 2. The average molecular weight is 337 g/mol. The summed E-state index contributed by atoms with van der Waals surface area (Å²) in [6.45, 7) is 1.61. The van der Waals surface area contributed by atoms with Crippen molar-refractivity contribution in [1.29, 1.82) is 0 Å². The van der Waals surface area contributed by atoms with Crippen LogP contribution in [-0.2, 0) is 9.59 Å². The highest BCUT2D eigenvalue weighted by molar-refractivity contribution is 5.79. The van der Waals surface area contributed by atoms with Gasteiger partial charge in [-0.05, 0) is 45.1 Å². The second-order valence-electron chi connectivity index (χ2n) is 7.86. The van der Waals surface area contributed by atoms with Gasteiger partial charge in [0.15, 0.2) is 0 Å². The third-order valence-electron chi connectivity index (χ3n) is 5.71. The van der Waals surface area contributed by atoms with E-state index in [1.807, 2.05) is 4.90 Å². The van der Waals surface area contributed by atoms with E-state index < -0.39 is 5.60 Å². The maximum Gasteiger partial charge on any atom is 0.237 e. The number of β-amino-alcohol motifs (C(OH)–C–C–N with tert-alkyl or cyclic N) is 1. The van der Waals surface area contributed by atoms with Crippen molar-refractivity contribution in [2.45, 2.75) is 75.5 Å². The van der Waals surface area contributed by atoms with Crippen molar-refractivity contribution in [3.05, 3.63) is 0 Å². The molecular weight excluding hydrogens is 306 g/mol. The summed E-state index contributed by atoms with van der Waals surface area (Å²) in [4.78, 5) is 28.7. The molecule has 1 heterocycles. The van der Waals surface area contributed by atoms with Gasteiger partial charge >= 0.3 is 0 Å². The number of nitrogens with one attached hydrogen (secondary N) is 1. The fourth-order valence-corrected chi connectivity index (χ4v) is 4.39. The third-order valence-corrected chi connectivity index (χ3v) is 5.71. The number of aliphatic hydroxyl groups is 1. The molecule has 24 heavy (non-hydrogen) atoms. The molecule has 3 fully saturated rings. The SMILES string of the molecule is CNC(=O)CC1(O)CCCN(CC(=O)N(C2CCCC2)C2CC2)C1. The first-order chi connectivity index (χ1) is 11.5. The highest BCUT2D eigenvalue weighted by Gasteiger charge is 2.40. The zero-order valence-corrected chi connectivity index (χ0v) is 14.8. The molecule has 2 amide bonds. The number of likely N-dealkylation sites (tertiary alicyclic amines) is 1. The van der Waals surface area contributed by atoms with Gasteiger partial charge in [0.2, 0.25) is 11.8 Å². The molecule has 3 rings (SSSR count). The van der Waals surface area contributed by atoms with Crippen LogP contribution in [0.2, 0.25) is 0 Å². The molecule has 0 radical (unpaired) electrons. The zero-order chi connectivity index (χ0) is 17.2. The second-order valence-corrected chi connectivity index (χ2v) is 7.86. The van der Waals surface area contributed by atoms with Gasteiger partial charge in [-0.2, -0.15) is 0 Å². The van der Waals surface area contributed by atoms with E-state index >= 15 is 0 Å². The Morgan fingerprint density at radius 2 is 1.83 bits per heavy atom. The van der Waals surface area contributed by atoms with E-state index in [2.05, 4.69) is 10.2 Å². The maximum atomic E-state index is 12.9. The van der Waals surface area contributed by atoms with Crippen LogP contribution in [0.3, 0.4) is 0 Å². The molecule has 6 heteroatoms. The number of amides is 2. The molecule has 2 saturated carbocycles. The van der Waals surface area contributed by atoms with Crippen molar-refractivity contribution < 1.29 is 14.7 Å². The molecule has 1 aliphatic heterocycles. The summed E-state index contributed by atoms with van der Waals surface area (Å²) in [5.41, 5.74) is -1.00. The Morgan fingerprint density at radius 3 is 2.46 bits per heavy atom. The summed E-state index contributed by atoms with van der Waals surface area (Å²) in [7, 11) is 1.59. The summed E-state index contributed by atoms with van der Waals surface area (Å²) >= 11 is 0. The van der Waals surface area contributed by atoms with Crippen LogP contribution in [0.4, 0.5) is 0 Å². The van der Waals surface area contributed by atoms with E-state index in [-0.39, 0.29) is 18.2 Å². The largest absolute Gasteiger partial charge is 0.388 e. The topological polar surface area (TPSA) is 72.9 Å². The maximum absolute atomic E-state index is 12.9. The van der Waals surface area contributed by atoms with E-state index in [1.54, 1.807) is 7.05 Å². The molecule has 3 aliphatic rings. The molecule has 1 unspecified atom stereocenters. The molecule has 136 valence electrons. The number of carbonyl (C=O) groups excluding carboxylic acids is 2. The van der Waals surface area contributed by atoms with Crippen molar-refractivity contribution in [3.63, 3.8) is 0 Å². The van der Waals surface area contributed by atoms with Gasteiger partial charge in [0.05, 0.1) is 18.6 Å². The minimum Gasteiger partial charge on any atom is -0.388 e. The van der Waals surface area contributed by atoms with E-state index in [9.17, 15) is 14.7 Å². The van der Waals surface area contributed by atoms with Gasteiger partial charge in [-0.15, -0.1) is 0 Å². The van der Waals surface area contributed by atoms with Crippen LogP contribution in [0.25, 0.3) is 0 Å². The quantitative estimate of drug-likeness (QED) is 0.755. The van der Waals surface area contributed by atoms with Crippen molar-refractivity contribution in [3.8, 4) is 0 Å². The summed E-state index contributed by atoms with van der Waals surface area (Å²) in [5, 5.41) is 13.3. The first-order valence-electron chi connectivity index (χ1n) is 9.47. The molecule has 0 aromatic heterocycles. The van der Waals surface area contributed by atoms with E-state index in [0.29, 0.717) is 31.6 Å². The van der Waals surface area contributed by atoms with Crippen LogP contribution in [0, 0.1) is 0 Å². The Hall–Kier alpha value is -1.14. The average Bonchev–Trinajstić information content (AvgIpc) is 3.21. The van der Waals surface area contributed by atoms with Gasteiger partial charge in [-0.3, -0.25) is 14.5 Å². The lowest BCUT2D eigenvalue weighted by atomic mass is 9.89. The molecular formula is C18H31N3O3. The zero-order valence-electron chi connectivity index (χ0n) is 14.8. The lowest BCUT2D eigenvalue weighted by Crippen LogP contribution is -2.54. The molecule has 0 bridgehead atoms. The summed E-state index contributed by atoms with van der Waals surface area (Å²) in [6, 6.07) is 0.884. The number of rotatable bonds is 6. The standard InChI is InChI=1S/C18H31N3O3/c1-19-16(22)11-18(24)9-4-10-20(13-18)12-17(23)21(15-7-8-15)14-5-2-3-6-14/h14-15,24H,2-13H2,1H3,(H,19,22). The number of hydrogen-bond acceptors (Lipinski definition) is 4. The predicted octanol–water partition coefficient (Wildman–Crippen LogP) is 0.883. The molecule has 0 spiro atoms. The van der Waals surface area contributed by atoms with Crippen LogP contribution in [0.1, 0.15) is 57.8 Å². The van der Waals surface area contributed by atoms with Crippen LogP contribution >= 0.6 is 0 Å². The Labute approximate surface area is 144 Å². The third kappa shape index (κ3) is 4.28. The van der Waals surface area contributed by atoms with Gasteiger partial charge in [0, 0.05) is 25.7 Å². The van der Waals surface area contributed by atoms with Crippen LogP contribution in [-0.4, -0.2) is 71.1 Å². The van der Waals surface area contributed by atoms with Crippen molar-refractivity contribution >= 4 is 11.8 Å². The Kier molecular flexibility index (Phi) is 5.45. The van der Waals surface area contributed by atoms with Crippen molar-refractivity contribution in [1.82, 2.24) is 15.1 Å². The minimum atomic E-state index is -1.00. The Bertz CT molecular complexity index is 474. The molecule has 0 aromatic rings. The Balaban J connectivity index is 1.57. The van der Waals surface area contributed by atoms with Gasteiger partial charge in [0.25, 0.3) is 0 Å². The molecule has 1 saturated heterocycles. The van der Waals surface area contributed by atoms with Crippen LogP contribution in [0.5, 0.6) is 0 Å². The summed E-state index contributed by atoms with van der Waals surface area (Å²) < 4.78 is 0. The predicted molar refractivity (Wildman–Crippen MR) is 91.4 cm³/mol. The van der Waals surface area contributed by atoms with Gasteiger partial charge in [-0.25, -0.2) is 0 Å². The van der Waals surface area contributed by atoms with Gasteiger partial charge < -0.3 is 15.3 Å². The van der Waals surface area contributed by atoms with Crippen LogP contribution in [0.15, 0.2) is 0 Å². The summed E-state index contributed by atoms with van der Waals surface area (Å²) in [6.07, 6.45) is 8.60. The summed E-state index contributed by atoms with van der Waals surface area (Å²) in [5.74, 6) is 0.0739. The van der Waals surface area contributed by atoms with Gasteiger partial charge in [0.1, 0.15) is 0 Å². The minimum absolute atomic E-state index is 0.114. The fraction of sp³-hybridized carbons (Fsp3) is 0.889. The molecule has 0 aromatic carbocycles. The van der Waals surface area contributed by atoms with Crippen LogP contribution < -0.4 is 5.32 Å². The fourth-order valence-electron chi connectivity index (χ4n) is 4.39. The highest BCUT2D eigenvalue weighted by atomic mass is 16.3. The molecule has 2 aliphatic carbocycles. The molecule has 6 nitrogen and oxygen atoms in total. The monoisotopic (exact) mass is 337 g/mol. The number of hydrogen-bond donors (Lipinski definition) is 2.